The minimum absolute atomic E-state index is 0.00321. The van der Waals surface area contributed by atoms with Crippen LogP contribution in [0.3, 0.4) is 0 Å². The van der Waals surface area contributed by atoms with Crippen molar-refractivity contribution < 1.29 is 19.5 Å². The molecule has 0 saturated carbocycles. The number of aliphatic carboxylic acids is 1. The van der Waals surface area contributed by atoms with E-state index in [0.29, 0.717) is 25.9 Å². The number of hydrogen-bond acceptors (Lipinski definition) is 3. The fraction of sp³-hybridized carbons (Fsp3) is 0.786. The Morgan fingerprint density at radius 1 is 1.33 bits per heavy atom. The van der Waals surface area contributed by atoms with Crippen LogP contribution in [-0.2, 0) is 9.59 Å². The SMILES string of the molecule is CNC(=O)C1(C)CCN(C(=O)NC(C)(C)CCC(=O)O)C1. The van der Waals surface area contributed by atoms with Crippen LogP contribution in [0.15, 0.2) is 0 Å². The number of carboxylic acids is 1. The van der Waals surface area contributed by atoms with Gasteiger partial charge in [-0.1, -0.05) is 0 Å². The highest BCUT2D eigenvalue weighted by Gasteiger charge is 2.42. The van der Waals surface area contributed by atoms with E-state index in [1.165, 1.54) is 0 Å². The van der Waals surface area contributed by atoms with Crippen LogP contribution in [0.2, 0.25) is 0 Å². The third-order valence-corrected chi connectivity index (χ3v) is 3.94. The van der Waals surface area contributed by atoms with Crippen LogP contribution in [-0.4, -0.2) is 53.6 Å². The number of amides is 3. The molecule has 21 heavy (non-hydrogen) atoms. The average molecular weight is 299 g/mol. The van der Waals surface area contributed by atoms with Gasteiger partial charge in [0.1, 0.15) is 0 Å². The zero-order chi connectivity index (χ0) is 16.3. The van der Waals surface area contributed by atoms with Crippen molar-refractivity contribution >= 4 is 17.9 Å². The van der Waals surface area contributed by atoms with E-state index in [-0.39, 0.29) is 18.4 Å². The van der Waals surface area contributed by atoms with Crippen molar-refractivity contribution in [2.24, 2.45) is 5.41 Å². The standard InChI is InChI=1S/C14H25N3O4/c1-13(2,6-5-10(18)19)16-12(21)17-8-7-14(3,9-17)11(20)15-4/h5-9H2,1-4H3,(H,15,20)(H,16,21)(H,18,19). The van der Waals surface area contributed by atoms with E-state index in [0.717, 1.165) is 0 Å². The first-order chi connectivity index (χ1) is 9.59. The summed E-state index contributed by atoms with van der Waals surface area (Å²) in [5.41, 5.74) is -1.15. The van der Waals surface area contributed by atoms with Gasteiger partial charge in [0.25, 0.3) is 0 Å². The van der Waals surface area contributed by atoms with E-state index < -0.39 is 16.9 Å². The van der Waals surface area contributed by atoms with Crippen molar-refractivity contribution in [3.05, 3.63) is 0 Å². The molecule has 1 fully saturated rings. The molecule has 3 N–H and O–H groups in total. The fourth-order valence-electron chi connectivity index (χ4n) is 2.47. The zero-order valence-electron chi connectivity index (χ0n) is 13.2. The Hall–Kier alpha value is -1.79. The van der Waals surface area contributed by atoms with Gasteiger partial charge >= 0.3 is 12.0 Å². The molecule has 1 rings (SSSR count). The highest BCUT2D eigenvalue weighted by atomic mass is 16.4. The number of carboxylic acid groups (broad SMARTS) is 1. The Morgan fingerprint density at radius 3 is 2.48 bits per heavy atom. The van der Waals surface area contributed by atoms with Gasteiger partial charge in [-0.05, 0) is 33.6 Å². The lowest BCUT2D eigenvalue weighted by molar-refractivity contribution is -0.137. The summed E-state index contributed by atoms with van der Waals surface area (Å²) >= 11 is 0. The molecule has 0 bridgehead atoms. The fourth-order valence-corrected chi connectivity index (χ4v) is 2.47. The Balaban J connectivity index is 2.57. The third-order valence-electron chi connectivity index (χ3n) is 3.94. The van der Waals surface area contributed by atoms with E-state index in [2.05, 4.69) is 10.6 Å². The van der Waals surface area contributed by atoms with Gasteiger partial charge in [-0.25, -0.2) is 4.79 Å². The number of urea groups is 1. The first-order valence-electron chi connectivity index (χ1n) is 7.11. The van der Waals surface area contributed by atoms with Gasteiger partial charge in [0.15, 0.2) is 0 Å². The van der Waals surface area contributed by atoms with Crippen molar-refractivity contribution in [1.29, 1.82) is 0 Å². The molecule has 0 radical (unpaired) electrons. The molecule has 1 saturated heterocycles. The summed E-state index contributed by atoms with van der Waals surface area (Å²) < 4.78 is 0. The molecule has 0 aliphatic carbocycles. The van der Waals surface area contributed by atoms with E-state index in [1.807, 2.05) is 6.92 Å². The molecule has 7 nitrogen and oxygen atoms in total. The van der Waals surface area contributed by atoms with Crippen molar-refractivity contribution in [1.82, 2.24) is 15.5 Å². The number of hydrogen-bond donors (Lipinski definition) is 3. The molecule has 1 unspecified atom stereocenters. The Kier molecular flexibility index (Phi) is 5.20. The molecule has 3 amide bonds. The molecule has 0 aromatic carbocycles. The van der Waals surface area contributed by atoms with Crippen molar-refractivity contribution in [2.75, 3.05) is 20.1 Å². The molecule has 7 heteroatoms. The molecule has 0 aromatic heterocycles. The quantitative estimate of drug-likeness (QED) is 0.699. The molecule has 0 spiro atoms. The molecule has 1 aliphatic heterocycles. The predicted molar refractivity (Wildman–Crippen MR) is 77.8 cm³/mol. The lowest BCUT2D eigenvalue weighted by atomic mass is 9.89. The largest absolute Gasteiger partial charge is 0.481 e. The molecular weight excluding hydrogens is 274 g/mol. The van der Waals surface area contributed by atoms with Crippen LogP contribution in [0.1, 0.15) is 40.0 Å². The number of carbonyl (C=O) groups is 3. The van der Waals surface area contributed by atoms with E-state index >= 15 is 0 Å². The maximum atomic E-state index is 12.2. The van der Waals surface area contributed by atoms with Crippen LogP contribution >= 0.6 is 0 Å². The maximum absolute atomic E-state index is 12.2. The molecule has 120 valence electrons. The summed E-state index contributed by atoms with van der Waals surface area (Å²) in [6, 6.07) is -0.252. The highest BCUT2D eigenvalue weighted by molar-refractivity contribution is 5.84. The van der Waals surface area contributed by atoms with Crippen molar-refractivity contribution in [2.45, 2.75) is 45.6 Å². The second-order valence-corrected chi connectivity index (χ2v) is 6.52. The summed E-state index contributed by atoms with van der Waals surface area (Å²) in [6.45, 7) is 6.32. The van der Waals surface area contributed by atoms with Crippen molar-refractivity contribution in [3.8, 4) is 0 Å². The van der Waals surface area contributed by atoms with Gasteiger partial charge in [-0.2, -0.15) is 0 Å². The second kappa shape index (κ2) is 6.32. The lowest BCUT2D eigenvalue weighted by Gasteiger charge is -2.29. The number of rotatable bonds is 5. The number of nitrogens with zero attached hydrogens (tertiary/aromatic N) is 1. The summed E-state index contributed by atoms with van der Waals surface area (Å²) in [4.78, 5) is 36.3. The van der Waals surface area contributed by atoms with Gasteiger partial charge in [0.2, 0.25) is 5.91 Å². The van der Waals surface area contributed by atoms with Crippen molar-refractivity contribution in [3.63, 3.8) is 0 Å². The molecule has 1 atom stereocenters. The maximum Gasteiger partial charge on any atom is 0.317 e. The van der Waals surface area contributed by atoms with Gasteiger partial charge in [-0.15, -0.1) is 0 Å². The normalized spacial score (nSPS) is 22.0. The van der Waals surface area contributed by atoms with Gasteiger partial charge in [0, 0.05) is 32.1 Å². The number of carbonyl (C=O) groups excluding carboxylic acids is 2. The molecule has 1 aliphatic rings. The smallest absolute Gasteiger partial charge is 0.317 e. The third kappa shape index (κ3) is 4.61. The van der Waals surface area contributed by atoms with Crippen LogP contribution in [0.25, 0.3) is 0 Å². The summed E-state index contributed by atoms with van der Waals surface area (Å²) in [5, 5.41) is 14.2. The predicted octanol–water partition coefficient (Wildman–Crippen LogP) is 0.797. The lowest BCUT2D eigenvalue weighted by Crippen LogP contribution is -2.50. The summed E-state index contributed by atoms with van der Waals surface area (Å²) in [6.07, 6.45) is 0.980. The topological polar surface area (TPSA) is 98.7 Å². The van der Waals surface area contributed by atoms with E-state index in [4.69, 9.17) is 5.11 Å². The minimum Gasteiger partial charge on any atom is -0.481 e. The Labute approximate surface area is 125 Å². The van der Waals surface area contributed by atoms with E-state index in [9.17, 15) is 14.4 Å². The highest BCUT2D eigenvalue weighted by Crippen LogP contribution is 2.30. The van der Waals surface area contributed by atoms with Gasteiger partial charge in [-0.3, -0.25) is 9.59 Å². The minimum atomic E-state index is -0.884. The molecule has 1 heterocycles. The van der Waals surface area contributed by atoms with Crippen LogP contribution in [0.5, 0.6) is 0 Å². The first kappa shape index (κ1) is 17.3. The number of likely N-dealkylation sites (tertiary alicyclic amines) is 1. The monoisotopic (exact) mass is 299 g/mol. The van der Waals surface area contributed by atoms with E-state index in [1.54, 1.807) is 25.8 Å². The zero-order valence-corrected chi connectivity index (χ0v) is 13.2. The first-order valence-corrected chi connectivity index (χ1v) is 7.11. The van der Waals surface area contributed by atoms with Crippen LogP contribution in [0.4, 0.5) is 4.79 Å². The van der Waals surface area contributed by atoms with Crippen LogP contribution < -0.4 is 10.6 Å². The Morgan fingerprint density at radius 2 is 1.95 bits per heavy atom. The van der Waals surface area contributed by atoms with Gasteiger partial charge in [0.05, 0.1) is 5.41 Å². The number of nitrogens with one attached hydrogen (secondary N) is 2. The van der Waals surface area contributed by atoms with Gasteiger partial charge < -0.3 is 20.6 Å². The summed E-state index contributed by atoms with van der Waals surface area (Å²) in [5.74, 6) is -0.950. The van der Waals surface area contributed by atoms with Crippen LogP contribution in [0, 0.1) is 5.41 Å². The average Bonchev–Trinajstić information content (AvgIpc) is 2.79. The molecule has 0 aromatic rings. The summed E-state index contributed by atoms with van der Waals surface area (Å²) in [7, 11) is 1.59. The second-order valence-electron chi connectivity index (χ2n) is 6.52. The Bertz CT molecular complexity index is 436. The molecular formula is C14H25N3O4.